The smallest absolute Gasteiger partial charge is 0.185 e. The second-order valence-electron chi connectivity index (χ2n) is 5.10. The molecular weight excluding hydrogens is 310 g/mol. The van der Waals surface area contributed by atoms with E-state index in [4.69, 9.17) is 21.7 Å². The van der Waals surface area contributed by atoms with Crippen LogP contribution in [0.5, 0.6) is 11.5 Å². The largest absolute Gasteiger partial charge is 0.457 e. The first kappa shape index (κ1) is 15.7. The minimum atomic E-state index is 0.573. The summed E-state index contributed by atoms with van der Waals surface area (Å²) in [6, 6.07) is 17.4. The molecule has 1 heterocycles. The molecular formula is C17H19N3O2S. The van der Waals surface area contributed by atoms with Gasteiger partial charge in [0.2, 0.25) is 0 Å². The molecule has 2 aromatic carbocycles. The van der Waals surface area contributed by atoms with Gasteiger partial charge in [-0.05, 0) is 48.6 Å². The van der Waals surface area contributed by atoms with E-state index in [1.54, 1.807) is 0 Å². The fourth-order valence-electron chi connectivity index (χ4n) is 2.21. The van der Waals surface area contributed by atoms with Crippen molar-refractivity contribution in [3.8, 4) is 11.5 Å². The van der Waals surface area contributed by atoms with E-state index in [0.29, 0.717) is 5.11 Å². The Balaban J connectivity index is 1.51. The zero-order valence-electron chi connectivity index (χ0n) is 12.7. The van der Waals surface area contributed by atoms with Crippen LogP contribution >= 0.6 is 12.2 Å². The van der Waals surface area contributed by atoms with Crippen LogP contribution in [0.4, 0.5) is 5.69 Å². The number of nitrogens with zero attached hydrogens (tertiary/aromatic N) is 1. The van der Waals surface area contributed by atoms with Crippen LogP contribution in [0.15, 0.2) is 54.6 Å². The lowest BCUT2D eigenvalue weighted by atomic mass is 10.3. The molecule has 1 aliphatic heterocycles. The summed E-state index contributed by atoms with van der Waals surface area (Å²) in [5.74, 6) is 1.60. The number of morpholine rings is 1. The highest BCUT2D eigenvalue weighted by molar-refractivity contribution is 7.80. The Labute approximate surface area is 141 Å². The number of hydrogen-bond donors (Lipinski definition) is 2. The van der Waals surface area contributed by atoms with Gasteiger partial charge in [0.15, 0.2) is 5.11 Å². The average molecular weight is 329 g/mol. The standard InChI is InChI=1S/C17H19N3O2S/c23-17(19-20-10-12-21-13-11-20)18-14-6-8-16(9-7-14)22-15-4-2-1-3-5-15/h1-9H,10-13H2,(H2,18,19,23). The third-order valence-electron chi connectivity index (χ3n) is 3.36. The molecule has 5 nitrogen and oxygen atoms in total. The summed E-state index contributed by atoms with van der Waals surface area (Å²) >= 11 is 5.32. The second-order valence-corrected chi connectivity index (χ2v) is 5.51. The normalized spacial score (nSPS) is 15.0. The minimum absolute atomic E-state index is 0.573. The van der Waals surface area contributed by atoms with Gasteiger partial charge in [0.05, 0.1) is 13.2 Å². The van der Waals surface area contributed by atoms with Crippen LogP contribution in [0.3, 0.4) is 0 Å². The van der Waals surface area contributed by atoms with Gasteiger partial charge in [0.1, 0.15) is 11.5 Å². The first-order chi connectivity index (χ1) is 11.3. The third kappa shape index (κ3) is 4.92. The van der Waals surface area contributed by atoms with E-state index < -0.39 is 0 Å². The fraction of sp³-hybridized carbons (Fsp3) is 0.235. The maximum Gasteiger partial charge on any atom is 0.185 e. The Hall–Kier alpha value is -2.15. The maximum atomic E-state index is 5.76. The van der Waals surface area contributed by atoms with Crippen LogP contribution in [0.1, 0.15) is 0 Å². The van der Waals surface area contributed by atoms with E-state index in [2.05, 4.69) is 10.7 Å². The highest BCUT2D eigenvalue weighted by atomic mass is 32.1. The SMILES string of the molecule is S=C(Nc1ccc(Oc2ccccc2)cc1)NN1CCOCC1. The number of rotatable bonds is 4. The lowest BCUT2D eigenvalue weighted by Crippen LogP contribution is -2.49. The Morgan fingerprint density at radius 3 is 2.30 bits per heavy atom. The molecule has 0 aliphatic carbocycles. The highest BCUT2D eigenvalue weighted by Gasteiger charge is 2.11. The molecule has 2 aromatic rings. The van der Waals surface area contributed by atoms with E-state index in [0.717, 1.165) is 43.5 Å². The van der Waals surface area contributed by atoms with E-state index in [1.807, 2.05) is 59.6 Å². The summed E-state index contributed by atoms with van der Waals surface area (Å²) in [5.41, 5.74) is 4.08. The summed E-state index contributed by atoms with van der Waals surface area (Å²) < 4.78 is 11.1. The highest BCUT2D eigenvalue weighted by Crippen LogP contribution is 2.22. The first-order valence-electron chi connectivity index (χ1n) is 7.53. The molecule has 0 atom stereocenters. The summed E-state index contributed by atoms with van der Waals surface area (Å²) in [4.78, 5) is 0. The predicted molar refractivity (Wildman–Crippen MR) is 94.7 cm³/mol. The Kier molecular flexibility index (Phi) is 5.42. The molecule has 0 radical (unpaired) electrons. The van der Waals surface area contributed by atoms with Crippen molar-refractivity contribution in [2.75, 3.05) is 31.6 Å². The lowest BCUT2D eigenvalue weighted by Gasteiger charge is -2.28. The number of ether oxygens (including phenoxy) is 2. The van der Waals surface area contributed by atoms with Gasteiger partial charge < -0.3 is 14.8 Å². The molecule has 1 aliphatic rings. The predicted octanol–water partition coefficient (Wildman–Crippen LogP) is 3.01. The lowest BCUT2D eigenvalue weighted by molar-refractivity contribution is 0.0252. The fourth-order valence-corrected chi connectivity index (χ4v) is 2.46. The number of para-hydroxylation sites is 1. The molecule has 6 heteroatoms. The molecule has 0 amide bonds. The summed E-state index contributed by atoms with van der Waals surface area (Å²) in [6.45, 7) is 3.10. The zero-order valence-corrected chi connectivity index (χ0v) is 13.5. The molecule has 2 N–H and O–H groups in total. The Bertz CT molecular complexity index is 628. The van der Waals surface area contributed by atoms with Crippen LogP contribution in [0, 0.1) is 0 Å². The van der Waals surface area contributed by atoms with Gasteiger partial charge in [-0.3, -0.25) is 5.43 Å². The summed E-state index contributed by atoms with van der Waals surface area (Å²) in [6.07, 6.45) is 0. The molecule has 1 saturated heterocycles. The van der Waals surface area contributed by atoms with Crippen LogP contribution in [0.2, 0.25) is 0 Å². The van der Waals surface area contributed by atoms with Gasteiger partial charge in [-0.1, -0.05) is 18.2 Å². The Morgan fingerprint density at radius 2 is 1.61 bits per heavy atom. The van der Waals surface area contributed by atoms with Gasteiger partial charge in [0.25, 0.3) is 0 Å². The molecule has 23 heavy (non-hydrogen) atoms. The number of thiocarbonyl (C=S) groups is 1. The topological polar surface area (TPSA) is 45.8 Å². The molecule has 1 fully saturated rings. The van der Waals surface area contributed by atoms with Crippen molar-refractivity contribution in [2.45, 2.75) is 0 Å². The molecule has 3 rings (SSSR count). The first-order valence-corrected chi connectivity index (χ1v) is 7.94. The summed E-state index contributed by atoms with van der Waals surface area (Å²) in [7, 11) is 0. The van der Waals surface area contributed by atoms with Gasteiger partial charge in [-0.2, -0.15) is 0 Å². The molecule has 0 saturated carbocycles. The summed E-state index contributed by atoms with van der Waals surface area (Å²) in [5, 5.41) is 5.78. The Morgan fingerprint density at radius 1 is 0.957 bits per heavy atom. The van der Waals surface area contributed by atoms with Gasteiger partial charge in [-0.15, -0.1) is 0 Å². The quantitative estimate of drug-likeness (QED) is 0.841. The number of benzene rings is 2. The van der Waals surface area contributed by atoms with Crippen molar-refractivity contribution in [3.05, 3.63) is 54.6 Å². The van der Waals surface area contributed by atoms with Gasteiger partial charge >= 0.3 is 0 Å². The molecule has 0 aromatic heterocycles. The number of hydrogen-bond acceptors (Lipinski definition) is 4. The molecule has 0 unspecified atom stereocenters. The zero-order chi connectivity index (χ0) is 15.9. The molecule has 0 spiro atoms. The van der Waals surface area contributed by atoms with E-state index in [9.17, 15) is 0 Å². The van der Waals surface area contributed by atoms with Crippen molar-refractivity contribution < 1.29 is 9.47 Å². The molecule has 120 valence electrons. The van der Waals surface area contributed by atoms with Crippen molar-refractivity contribution >= 4 is 23.0 Å². The van der Waals surface area contributed by atoms with Crippen LogP contribution in [-0.2, 0) is 4.74 Å². The van der Waals surface area contributed by atoms with Gasteiger partial charge in [-0.25, -0.2) is 5.01 Å². The van der Waals surface area contributed by atoms with E-state index in [-0.39, 0.29) is 0 Å². The van der Waals surface area contributed by atoms with E-state index >= 15 is 0 Å². The average Bonchev–Trinajstić information content (AvgIpc) is 2.58. The van der Waals surface area contributed by atoms with Crippen LogP contribution in [0.25, 0.3) is 0 Å². The second kappa shape index (κ2) is 7.92. The van der Waals surface area contributed by atoms with Crippen molar-refractivity contribution in [1.29, 1.82) is 0 Å². The third-order valence-corrected chi connectivity index (χ3v) is 3.56. The maximum absolute atomic E-state index is 5.76. The van der Waals surface area contributed by atoms with Gasteiger partial charge in [0, 0.05) is 18.8 Å². The van der Waals surface area contributed by atoms with Crippen molar-refractivity contribution in [3.63, 3.8) is 0 Å². The van der Waals surface area contributed by atoms with Crippen molar-refractivity contribution in [1.82, 2.24) is 10.4 Å². The number of anilines is 1. The monoisotopic (exact) mass is 329 g/mol. The van der Waals surface area contributed by atoms with Crippen LogP contribution < -0.4 is 15.5 Å². The minimum Gasteiger partial charge on any atom is -0.457 e. The van der Waals surface area contributed by atoms with Crippen molar-refractivity contribution in [2.24, 2.45) is 0 Å². The van der Waals surface area contributed by atoms with E-state index in [1.165, 1.54) is 0 Å². The number of hydrazine groups is 1. The molecule has 0 bridgehead atoms. The van der Waals surface area contributed by atoms with Crippen LogP contribution in [-0.4, -0.2) is 36.4 Å². The number of nitrogens with one attached hydrogen (secondary N) is 2.